The summed E-state index contributed by atoms with van der Waals surface area (Å²) in [4.78, 5) is 0. The maximum Gasteiger partial charge on any atom is 0.355 e. The van der Waals surface area contributed by atoms with Gasteiger partial charge in [0.15, 0.2) is 0 Å². The molecule has 0 bridgehead atoms. The van der Waals surface area contributed by atoms with Crippen molar-refractivity contribution in [2.24, 2.45) is 0 Å². The van der Waals surface area contributed by atoms with E-state index in [2.05, 4.69) is 19.1 Å². The quantitative estimate of drug-likeness (QED) is 0.521. The van der Waals surface area contributed by atoms with E-state index in [0.717, 1.165) is 13.0 Å². The molecule has 0 saturated carbocycles. The molecule has 0 N–H and O–H groups in total. The molecule has 15 heavy (non-hydrogen) atoms. The van der Waals surface area contributed by atoms with E-state index in [1.807, 2.05) is 18.2 Å². The predicted molar refractivity (Wildman–Crippen MR) is 65.7 cm³/mol. The number of unbranched alkanes of at least 4 members (excludes halogenated alkanes) is 2. The van der Waals surface area contributed by atoms with E-state index in [1.54, 1.807) is 7.11 Å². The molecule has 0 aliphatic heterocycles. The topological polar surface area (TPSA) is 18.5 Å². The molecule has 3 heteroatoms. The summed E-state index contributed by atoms with van der Waals surface area (Å²) in [5.74, 6) is 0. The van der Waals surface area contributed by atoms with E-state index in [0.29, 0.717) is 0 Å². The Morgan fingerprint density at radius 2 is 1.87 bits per heavy atom. The van der Waals surface area contributed by atoms with Crippen LogP contribution in [0.2, 0.25) is 0 Å². The first kappa shape index (κ1) is 12.4. The van der Waals surface area contributed by atoms with Crippen molar-refractivity contribution >= 4 is 14.5 Å². The highest BCUT2D eigenvalue weighted by Gasteiger charge is 2.13. The van der Waals surface area contributed by atoms with Gasteiger partial charge in [0.2, 0.25) is 0 Å². The molecular weight excluding hydrogens is 204 g/mol. The second kappa shape index (κ2) is 7.62. The van der Waals surface area contributed by atoms with Gasteiger partial charge in [-0.05, 0) is 11.6 Å². The molecule has 84 valence electrons. The van der Waals surface area contributed by atoms with E-state index >= 15 is 0 Å². The lowest BCUT2D eigenvalue weighted by Gasteiger charge is -2.14. The Morgan fingerprint density at radius 3 is 2.47 bits per heavy atom. The van der Waals surface area contributed by atoms with Gasteiger partial charge in [0.05, 0.1) is 0 Å². The van der Waals surface area contributed by atoms with Crippen LogP contribution in [0.25, 0.3) is 0 Å². The van der Waals surface area contributed by atoms with Crippen molar-refractivity contribution in [2.75, 3.05) is 13.7 Å². The molecule has 2 nitrogen and oxygen atoms in total. The molecule has 1 unspecified atom stereocenters. The molecular formula is C12H20O2Si. The second-order valence-electron chi connectivity index (χ2n) is 3.56. The molecule has 0 aromatic heterocycles. The predicted octanol–water partition coefficient (Wildman–Crippen LogP) is 1.97. The zero-order chi connectivity index (χ0) is 10.9. The number of hydrogen-bond acceptors (Lipinski definition) is 2. The second-order valence-corrected chi connectivity index (χ2v) is 5.69. The Balaban J connectivity index is 2.36. The Kier molecular flexibility index (Phi) is 6.32. The smallest absolute Gasteiger partial charge is 0.355 e. The third-order valence-corrected chi connectivity index (χ3v) is 4.20. The summed E-state index contributed by atoms with van der Waals surface area (Å²) < 4.78 is 11.2. The van der Waals surface area contributed by atoms with Crippen molar-refractivity contribution in [3.63, 3.8) is 0 Å². The van der Waals surface area contributed by atoms with Crippen LogP contribution in [-0.4, -0.2) is 23.0 Å². The standard InChI is InChI=1S/C12H20O2Si/c1-3-4-8-11-14-15(13-2)12-9-6-5-7-10-12/h5-7,9-10,15H,3-4,8,11H2,1-2H3. The van der Waals surface area contributed by atoms with Gasteiger partial charge in [0.25, 0.3) is 0 Å². The van der Waals surface area contributed by atoms with Crippen LogP contribution in [0.15, 0.2) is 30.3 Å². The van der Waals surface area contributed by atoms with Crippen molar-refractivity contribution in [3.8, 4) is 0 Å². The van der Waals surface area contributed by atoms with E-state index in [4.69, 9.17) is 8.85 Å². The fourth-order valence-electron chi connectivity index (χ4n) is 1.45. The monoisotopic (exact) mass is 224 g/mol. The van der Waals surface area contributed by atoms with Crippen LogP contribution >= 0.6 is 0 Å². The van der Waals surface area contributed by atoms with Crippen molar-refractivity contribution in [1.82, 2.24) is 0 Å². The summed E-state index contributed by atoms with van der Waals surface area (Å²) in [6.07, 6.45) is 3.60. The normalized spacial score (nSPS) is 12.7. The SMILES string of the molecule is CCCCCO[SiH](OC)c1ccccc1. The van der Waals surface area contributed by atoms with Gasteiger partial charge in [-0.2, -0.15) is 0 Å². The lowest BCUT2D eigenvalue weighted by atomic mass is 10.3. The van der Waals surface area contributed by atoms with Crippen LogP contribution in [0, 0.1) is 0 Å². The maximum atomic E-state index is 5.80. The van der Waals surface area contributed by atoms with E-state index in [-0.39, 0.29) is 0 Å². The third kappa shape index (κ3) is 4.60. The molecule has 1 aromatic carbocycles. The Hall–Kier alpha value is -0.643. The van der Waals surface area contributed by atoms with Gasteiger partial charge >= 0.3 is 9.28 Å². The van der Waals surface area contributed by atoms with Crippen molar-refractivity contribution in [2.45, 2.75) is 26.2 Å². The van der Waals surface area contributed by atoms with Crippen molar-refractivity contribution in [3.05, 3.63) is 30.3 Å². The van der Waals surface area contributed by atoms with Gasteiger partial charge in [-0.25, -0.2) is 0 Å². The fourth-order valence-corrected chi connectivity index (χ4v) is 2.97. The Labute approximate surface area is 94.1 Å². The molecule has 0 saturated heterocycles. The molecule has 0 radical (unpaired) electrons. The molecule has 1 atom stereocenters. The number of benzene rings is 1. The van der Waals surface area contributed by atoms with E-state index < -0.39 is 9.28 Å². The summed E-state index contributed by atoms with van der Waals surface area (Å²) >= 11 is 0. The largest absolute Gasteiger partial charge is 0.397 e. The Bertz CT molecular complexity index is 251. The summed E-state index contributed by atoms with van der Waals surface area (Å²) in [6, 6.07) is 10.2. The van der Waals surface area contributed by atoms with Gasteiger partial charge < -0.3 is 8.85 Å². The molecule has 0 spiro atoms. The molecule has 0 fully saturated rings. The highest BCUT2D eigenvalue weighted by atomic mass is 28.3. The van der Waals surface area contributed by atoms with Crippen LogP contribution in [0.4, 0.5) is 0 Å². The summed E-state index contributed by atoms with van der Waals surface area (Å²) in [6.45, 7) is 3.02. The number of rotatable bonds is 7. The average Bonchev–Trinajstić information content (AvgIpc) is 2.30. The van der Waals surface area contributed by atoms with E-state index in [1.165, 1.54) is 18.0 Å². The molecule has 0 amide bonds. The van der Waals surface area contributed by atoms with Gasteiger partial charge in [0.1, 0.15) is 0 Å². The highest BCUT2D eigenvalue weighted by Crippen LogP contribution is 1.97. The van der Waals surface area contributed by atoms with Gasteiger partial charge in [-0.3, -0.25) is 0 Å². The maximum absolute atomic E-state index is 5.80. The average molecular weight is 224 g/mol. The first-order valence-corrected chi connectivity index (χ1v) is 7.09. The molecule has 0 heterocycles. The molecule has 0 aliphatic rings. The van der Waals surface area contributed by atoms with Crippen molar-refractivity contribution < 1.29 is 8.85 Å². The minimum absolute atomic E-state index is 0.827. The Morgan fingerprint density at radius 1 is 1.13 bits per heavy atom. The molecule has 1 rings (SSSR count). The lowest BCUT2D eigenvalue weighted by Crippen LogP contribution is -2.36. The highest BCUT2D eigenvalue weighted by molar-refractivity contribution is 6.61. The number of hydrogen-bond donors (Lipinski definition) is 0. The van der Waals surface area contributed by atoms with E-state index in [9.17, 15) is 0 Å². The summed E-state index contributed by atoms with van der Waals surface area (Å²) in [7, 11) is 0.126. The van der Waals surface area contributed by atoms with Crippen LogP contribution in [0.5, 0.6) is 0 Å². The molecule has 1 aromatic rings. The summed E-state index contributed by atoms with van der Waals surface area (Å²) in [5.41, 5.74) is 0. The first-order chi connectivity index (χ1) is 7.38. The first-order valence-electron chi connectivity index (χ1n) is 5.57. The van der Waals surface area contributed by atoms with Crippen LogP contribution in [0.3, 0.4) is 0 Å². The van der Waals surface area contributed by atoms with Crippen LogP contribution in [0.1, 0.15) is 26.2 Å². The third-order valence-electron chi connectivity index (χ3n) is 2.30. The zero-order valence-corrected chi connectivity index (χ0v) is 10.8. The van der Waals surface area contributed by atoms with Gasteiger partial charge in [-0.1, -0.05) is 50.1 Å². The minimum Gasteiger partial charge on any atom is -0.397 e. The lowest BCUT2D eigenvalue weighted by molar-refractivity contribution is 0.235. The van der Waals surface area contributed by atoms with Gasteiger partial charge in [0, 0.05) is 13.7 Å². The van der Waals surface area contributed by atoms with Crippen LogP contribution in [-0.2, 0) is 8.85 Å². The summed E-state index contributed by atoms with van der Waals surface area (Å²) in [5, 5.41) is 1.22. The van der Waals surface area contributed by atoms with Crippen molar-refractivity contribution in [1.29, 1.82) is 0 Å². The zero-order valence-electron chi connectivity index (χ0n) is 9.61. The van der Waals surface area contributed by atoms with Gasteiger partial charge in [-0.15, -0.1) is 0 Å². The molecule has 0 aliphatic carbocycles. The minimum atomic E-state index is -1.61. The van der Waals surface area contributed by atoms with Crippen LogP contribution < -0.4 is 5.19 Å². The fraction of sp³-hybridized carbons (Fsp3) is 0.500.